The highest BCUT2D eigenvalue weighted by atomic mass is 32.2. The van der Waals surface area contributed by atoms with Crippen molar-refractivity contribution in [3.63, 3.8) is 0 Å². The Morgan fingerprint density at radius 3 is 2.69 bits per heavy atom. The molecule has 0 amide bonds. The number of hydrogen-bond donors (Lipinski definition) is 0. The first kappa shape index (κ1) is 20.0. The van der Waals surface area contributed by atoms with E-state index < -0.39 is 26.7 Å². The first-order valence-corrected chi connectivity index (χ1v) is 11.1. The minimum atomic E-state index is -4.76. The van der Waals surface area contributed by atoms with Crippen molar-refractivity contribution in [2.24, 2.45) is 0 Å². The molecule has 1 saturated heterocycles. The number of hydrogen-bond acceptors (Lipinski definition) is 6. The quantitative estimate of drug-likeness (QED) is 0.598. The van der Waals surface area contributed by atoms with Crippen LogP contribution in [0.2, 0.25) is 0 Å². The second-order valence-corrected chi connectivity index (χ2v) is 9.48. The molecule has 1 aromatic carbocycles. The highest BCUT2D eigenvalue weighted by Gasteiger charge is 2.40. The van der Waals surface area contributed by atoms with Gasteiger partial charge in [-0.2, -0.15) is 22.5 Å². The third-order valence-electron chi connectivity index (χ3n) is 4.73. The molecule has 0 aliphatic carbocycles. The highest BCUT2D eigenvalue weighted by molar-refractivity contribution is 7.89. The van der Waals surface area contributed by atoms with E-state index in [1.807, 2.05) is 17.5 Å². The van der Waals surface area contributed by atoms with Crippen molar-refractivity contribution >= 4 is 21.4 Å². The Balaban J connectivity index is 1.60. The van der Waals surface area contributed by atoms with Gasteiger partial charge in [0.2, 0.25) is 21.7 Å². The van der Waals surface area contributed by atoms with Gasteiger partial charge >= 0.3 is 6.18 Å². The van der Waals surface area contributed by atoms with E-state index in [-0.39, 0.29) is 24.9 Å². The first-order chi connectivity index (χ1) is 13.8. The Kier molecular flexibility index (Phi) is 5.21. The van der Waals surface area contributed by atoms with Crippen LogP contribution in [0.15, 0.2) is 51.2 Å². The zero-order valence-electron chi connectivity index (χ0n) is 15.0. The molecule has 0 N–H and O–H groups in total. The highest BCUT2D eigenvalue weighted by Crippen LogP contribution is 2.37. The third kappa shape index (κ3) is 3.94. The normalized spacial score (nSPS) is 18.8. The Hall–Kier alpha value is -2.24. The van der Waals surface area contributed by atoms with E-state index in [2.05, 4.69) is 10.1 Å². The molecule has 1 fully saturated rings. The van der Waals surface area contributed by atoms with E-state index in [1.165, 1.54) is 23.5 Å². The number of benzene rings is 1. The molecule has 29 heavy (non-hydrogen) atoms. The van der Waals surface area contributed by atoms with Crippen molar-refractivity contribution in [2.45, 2.75) is 29.8 Å². The average molecular weight is 443 g/mol. The van der Waals surface area contributed by atoms with Gasteiger partial charge in [-0.3, -0.25) is 0 Å². The van der Waals surface area contributed by atoms with Crippen LogP contribution in [0.25, 0.3) is 10.7 Å². The fourth-order valence-corrected chi connectivity index (χ4v) is 5.72. The first-order valence-electron chi connectivity index (χ1n) is 8.80. The van der Waals surface area contributed by atoms with E-state index in [4.69, 9.17) is 4.52 Å². The Labute approximate surface area is 169 Å². The van der Waals surface area contributed by atoms with Crippen molar-refractivity contribution in [2.75, 3.05) is 13.1 Å². The lowest BCUT2D eigenvalue weighted by Gasteiger charge is -2.30. The van der Waals surface area contributed by atoms with Crippen molar-refractivity contribution in [1.29, 1.82) is 0 Å². The van der Waals surface area contributed by atoms with E-state index in [1.54, 1.807) is 0 Å². The van der Waals surface area contributed by atoms with Gasteiger partial charge in [0.05, 0.1) is 21.3 Å². The smallest absolute Gasteiger partial charge is 0.339 e. The molecule has 0 bridgehead atoms. The number of sulfonamides is 1. The van der Waals surface area contributed by atoms with E-state index in [9.17, 15) is 21.6 Å². The summed E-state index contributed by atoms with van der Waals surface area (Å²) in [5.74, 6) is 0.326. The molecule has 1 unspecified atom stereocenters. The van der Waals surface area contributed by atoms with Gasteiger partial charge in [-0.05, 0) is 36.4 Å². The molecule has 2 aromatic heterocycles. The number of alkyl halides is 3. The van der Waals surface area contributed by atoms with Crippen LogP contribution in [0.1, 0.15) is 30.2 Å². The number of rotatable bonds is 4. The Morgan fingerprint density at radius 2 is 1.97 bits per heavy atom. The predicted octanol–water partition coefficient (Wildman–Crippen LogP) is 4.39. The second kappa shape index (κ2) is 7.54. The second-order valence-electron chi connectivity index (χ2n) is 6.63. The minimum Gasteiger partial charge on any atom is -0.339 e. The molecule has 1 atom stereocenters. The van der Waals surface area contributed by atoms with Gasteiger partial charge in [0.1, 0.15) is 0 Å². The van der Waals surface area contributed by atoms with Crippen LogP contribution in [0.3, 0.4) is 0 Å². The van der Waals surface area contributed by atoms with Crippen molar-refractivity contribution < 1.29 is 26.1 Å². The zero-order valence-corrected chi connectivity index (χ0v) is 16.6. The summed E-state index contributed by atoms with van der Waals surface area (Å²) in [7, 11) is -4.33. The lowest BCUT2D eigenvalue weighted by atomic mass is 10.00. The summed E-state index contributed by atoms with van der Waals surface area (Å²) in [6.45, 7) is 0.123. The number of thiophene rings is 1. The third-order valence-corrected chi connectivity index (χ3v) is 7.52. The van der Waals surface area contributed by atoms with Crippen LogP contribution in [0, 0.1) is 0 Å². The molecule has 3 aromatic rings. The minimum absolute atomic E-state index is 0.0133. The molecule has 154 valence electrons. The van der Waals surface area contributed by atoms with Crippen LogP contribution in [-0.2, 0) is 16.2 Å². The van der Waals surface area contributed by atoms with Crippen LogP contribution in [0.4, 0.5) is 13.2 Å². The van der Waals surface area contributed by atoms with Gasteiger partial charge < -0.3 is 4.52 Å². The van der Waals surface area contributed by atoms with Gasteiger partial charge in [0.25, 0.3) is 0 Å². The fourth-order valence-electron chi connectivity index (χ4n) is 3.33. The monoisotopic (exact) mass is 443 g/mol. The van der Waals surface area contributed by atoms with Gasteiger partial charge in [-0.15, -0.1) is 11.3 Å². The molecule has 11 heteroatoms. The lowest BCUT2D eigenvalue weighted by Crippen LogP contribution is -2.39. The van der Waals surface area contributed by atoms with Crippen LogP contribution < -0.4 is 0 Å². The fraction of sp³-hybridized carbons (Fsp3) is 0.333. The molecule has 1 aliphatic rings. The van der Waals surface area contributed by atoms with Crippen LogP contribution >= 0.6 is 11.3 Å². The molecule has 4 rings (SSSR count). The van der Waals surface area contributed by atoms with Gasteiger partial charge in [-0.1, -0.05) is 23.4 Å². The zero-order chi connectivity index (χ0) is 20.6. The topological polar surface area (TPSA) is 76.3 Å². The largest absolute Gasteiger partial charge is 0.417 e. The van der Waals surface area contributed by atoms with Crippen molar-refractivity contribution in [3.05, 3.63) is 53.2 Å². The standard InChI is InChI=1S/C18H16F3N3O3S2/c19-18(20,21)13-6-1-2-8-15(13)29(25,26)24-9-3-5-12(11-24)17-22-16(23-27-17)14-7-4-10-28-14/h1-2,4,6-8,10,12H,3,5,9,11H2. The van der Waals surface area contributed by atoms with Crippen molar-refractivity contribution in [1.82, 2.24) is 14.4 Å². The number of nitrogens with zero attached hydrogens (tertiary/aromatic N) is 3. The lowest BCUT2D eigenvalue weighted by molar-refractivity contribution is -0.139. The summed E-state index contributed by atoms with van der Waals surface area (Å²) in [4.78, 5) is 4.43. The Morgan fingerprint density at radius 1 is 1.17 bits per heavy atom. The van der Waals surface area contributed by atoms with Crippen molar-refractivity contribution in [3.8, 4) is 10.7 Å². The average Bonchev–Trinajstić information content (AvgIpc) is 3.39. The summed E-state index contributed by atoms with van der Waals surface area (Å²) < 4.78 is 72.3. The molecular formula is C18H16F3N3O3S2. The summed E-state index contributed by atoms with van der Waals surface area (Å²) in [6.07, 6.45) is -3.67. The van der Waals surface area contributed by atoms with E-state index in [0.717, 1.165) is 21.3 Å². The number of halogens is 3. The van der Waals surface area contributed by atoms with Gasteiger partial charge in [-0.25, -0.2) is 8.42 Å². The van der Waals surface area contributed by atoms with Crippen LogP contribution in [-0.4, -0.2) is 36.0 Å². The molecule has 1 aliphatic heterocycles. The predicted molar refractivity (Wildman–Crippen MR) is 99.8 cm³/mol. The molecule has 3 heterocycles. The van der Waals surface area contributed by atoms with Crippen LogP contribution in [0.5, 0.6) is 0 Å². The molecule has 0 radical (unpaired) electrons. The molecule has 6 nitrogen and oxygen atoms in total. The molecule has 0 spiro atoms. The number of piperidine rings is 1. The molecule has 0 saturated carbocycles. The van der Waals surface area contributed by atoms with E-state index >= 15 is 0 Å². The SMILES string of the molecule is O=S(=O)(c1ccccc1C(F)(F)F)N1CCCC(c2nc(-c3cccs3)no2)C1. The Bertz CT molecular complexity index is 1100. The maximum atomic E-state index is 13.3. The maximum absolute atomic E-state index is 13.3. The number of aromatic nitrogens is 2. The van der Waals surface area contributed by atoms with Gasteiger partial charge in [0, 0.05) is 13.1 Å². The summed E-state index contributed by atoms with van der Waals surface area (Å²) in [5.41, 5.74) is -1.17. The van der Waals surface area contributed by atoms with E-state index in [0.29, 0.717) is 18.7 Å². The molecular weight excluding hydrogens is 427 g/mol. The maximum Gasteiger partial charge on any atom is 0.417 e. The summed E-state index contributed by atoms with van der Waals surface area (Å²) >= 11 is 1.44. The summed E-state index contributed by atoms with van der Waals surface area (Å²) in [5, 5.41) is 5.81. The summed E-state index contributed by atoms with van der Waals surface area (Å²) in [6, 6.07) is 7.91. The van der Waals surface area contributed by atoms with Gasteiger partial charge in [0.15, 0.2) is 0 Å².